The molecule has 0 aliphatic rings. The summed E-state index contributed by atoms with van der Waals surface area (Å²) in [6.45, 7) is 6.42. The summed E-state index contributed by atoms with van der Waals surface area (Å²) < 4.78 is 3.10. The molecule has 0 amide bonds. The SMILES string of the molecule is Cc1nc(Cn2cc(-c3nc4c(C#N)c[nH]n4c(=O)c3C(C)C)cn2)cs1. The second kappa shape index (κ2) is 6.48. The molecule has 4 heterocycles. The second-order valence-electron chi connectivity index (χ2n) is 6.58. The van der Waals surface area contributed by atoms with Gasteiger partial charge in [0.1, 0.15) is 11.6 Å². The zero-order valence-corrected chi connectivity index (χ0v) is 15.9. The zero-order chi connectivity index (χ0) is 19.1. The highest BCUT2D eigenvalue weighted by atomic mass is 32.1. The highest BCUT2D eigenvalue weighted by Gasteiger charge is 2.20. The smallest absolute Gasteiger partial charge is 0.276 e. The monoisotopic (exact) mass is 379 g/mol. The summed E-state index contributed by atoms with van der Waals surface area (Å²) in [4.78, 5) is 22.0. The van der Waals surface area contributed by atoms with E-state index in [4.69, 9.17) is 0 Å². The molecule has 27 heavy (non-hydrogen) atoms. The molecular weight excluding hydrogens is 362 g/mol. The highest BCUT2D eigenvalue weighted by molar-refractivity contribution is 7.09. The first kappa shape index (κ1) is 17.2. The molecule has 1 N–H and O–H groups in total. The van der Waals surface area contributed by atoms with Crippen LogP contribution in [0.4, 0.5) is 0 Å². The molecule has 0 spiro atoms. The Balaban J connectivity index is 1.84. The van der Waals surface area contributed by atoms with Gasteiger partial charge in [0.2, 0.25) is 0 Å². The fourth-order valence-corrected chi connectivity index (χ4v) is 3.67. The lowest BCUT2D eigenvalue weighted by Gasteiger charge is -2.10. The summed E-state index contributed by atoms with van der Waals surface area (Å²) in [6.07, 6.45) is 5.05. The third kappa shape index (κ3) is 2.94. The van der Waals surface area contributed by atoms with Gasteiger partial charge in [0.05, 0.1) is 29.1 Å². The Morgan fingerprint density at radius 2 is 2.19 bits per heavy atom. The van der Waals surface area contributed by atoms with Crippen LogP contribution in [0.1, 0.15) is 41.6 Å². The van der Waals surface area contributed by atoms with E-state index < -0.39 is 0 Å². The van der Waals surface area contributed by atoms with E-state index in [0.29, 0.717) is 29.0 Å². The van der Waals surface area contributed by atoms with Crippen LogP contribution < -0.4 is 5.56 Å². The number of aryl methyl sites for hydroxylation is 1. The molecule has 0 radical (unpaired) electrons. The van der Waals surface area contributed by atoms with Crippen LogP contribution in [0.25, 0.3) is 16.9 Å². The summed E-state index contributed by atoms with van der Waals surface area (Å²) in [5.41, 5.74) is 3.29. The number of hydrogen-bond donors (Lipinski definition) is 1. The fraction of sp³-hybridized carbons (Fsp3) is 0.278. The van der Waals surface area contributed by atoms with E-state index in [1.54, 1.807) is 22.2 Å². The molecule has 4 rings (SSSR count). The minimum absolute atomic E-state index is 0.0322. The van der Waals surface area contributed by atoms with E-state index in [0.717, 1.165) is 16.3 Å². The largest absolute Gasteiger partial charge is 0.295 e. The number of nitrogens with one attached hydrogen (secondary N) is 1. The predicted molar refractivity (Wildman–Crippen MR) is 102 cm³/mol. The maximum atomic E-state index is 12.9. The maximum absolute atomic E-state index is 12.9. The standard InChI is InChI=1S/C18H17N7OS/c1-10(2)15-16(23-17-12(4-19)5-21-25(17)18(15)26)13-6-20-24(7-13)8-14-9-27-11(3)22-14/h5-7,9-10,21H,8H2,1-3H3. The topological polar surface area (TPSA) is 105 Å². The first-order valence-electron chi connectivity index (χ1n) is 8.46. The first-order chi connectivity index (χ1) is 13.0. The van der Waals surface area contributed by atoms with Gasteiger partial charge in [0.25, 0.3) is 5.56 Å². The van der Waals surface area contributed by atoms with Crippen molar-refractivity contribution in [3.63, 3.8) is 0 Å². The second-order valence-corrected chi connectivity index (χ2v) is 7.64. The quantitative estimate of drug-likeness (QED) is 0.587. The van der Waals surface area contributed by atoms with Gasteiger partial charge in [0.15, 0.2) is 5.65 Å². The van der Waals surface area contributed by atoms with E-state index in [9.17, 15) is 10.1 Å². The number of thiazole rings is 1. The van der Waals surface area contributed by atoms with E-state index >= 15 is 0 Å². The Hall–Kier alpha value is -3.25. The molecule has 8 nitrogen and oxygen atoms in total. The van der Waals surface area contributed by atoms with Gasteiger partial charge in [-0.3, -0.25) is 14.6 Å². The number of fused-ring (bicyclic) bond motifs is 1. The molecule has 9 heteroatoms. The average molecular weight is 379 g/mol. The van der Waals surface area contributed by atoms with E-state index in [2.05, 4.69) is 26.2 Å². The molecule has 0 aliphatic carbocycles. The Morgan fingerprint density at radius 3 is 2.85 bits per heavy atom. The number of hydrogen-bond acceptors (Lipinski definition) is 6. The average Bonchev–Trinajstić information content (AvgIpc) is 3.34. The van der Waals surface area contributed by atoms with Crippen molar-refractivity contribution in [2.75, 3.05) is 0 Å². The van der Waals surface area contributed by atoms with Crippen molar-refractivity contribution >= 4 is 17.0 Å². The van der Waals surface area contributed by atoms with Gasteiger partial charge in [-0.2, -0.15) is 10.4 Å². The molecular formula is C18H17N7OS. The van der Waals surface area contributed by atoms with Crippen molar-refractivity contribution in [1.82, 2.24) is 29.4 Å². The predicted octanol–water partition coefficient (Wildman–Crippen LogP) is 2.69. The van der Waals surface area contributed by atoms with E-state index in [1.165, 1.54) is 10.7 Å². The van der Waals surface area contributed by atoms with E-state index in [1.807, 2.05) is 32.3 Å². The lowest BCUT2D eigenvalue weighted by Crippen LogP contribution is -2.22. The number of nitrogens with zero attached hydrogens (tertiary/aromatic N) is 6. The van der Waals surface area contributed by atoms with Gasteiger partial charge in [0, 0.05) is 28.9 Å². The molecule has 0 saturated heterocycles. The molecule has 0 aromatic carbocycles. The summed E-state index contributed by atoms with van der Waals surface area (Å²) in [5, 5.41) is 19.5. The number of H-pyrrole nitrogens is 1. The molecule has 0 fully saturated rings. The Labute approximate surface area is 158 Å². The Bertz CT molecular complexity index is 1230. The van der Waals surface area contributed by atoms with Gasteiger partial charge in [-0.25, -0.2) is 14.5 Å². The van der Waals surface area contributed by atoms with Crippen molar-refractivity contribution in [3.8, 4) is 17.3 Å². The van der Waals surface area contributed by atoms with Crippen molar-refractivity contribution in [1.29, 1.82) is 5.26 Å². The Morgan fingerprint density at radius 1 is 1.37 bits per heavy atom. The molecule has 136 valence electrons. The van der Waals surface area contributed by atoms with Gasteiger partial charge in [-0.1, -0.05) is 13.8 Å². The van der Waals surface area contributed by atoms with Crippen LogP contribution in [0.2, 0.25) is 0 Å². The minimum atomic E-state index is -0.200. The number of nitriles is 1. The van der Waals surface area contributed by atoms with Crippen molar-refractivity contribution < 1.29 is 0 Å². The van der Waals surface area contributed by atoms with Crippen LogP contribution in [-0.2, 0) is 6.54 Å². The van der Waals surface area contributed by atoms with Gasteiger partial charge in [-0.05, 0) is 12.8 Å². The summed E-state index contributed by atoms with van der Waals surface area (Å²) in [6, 6.07) is 2.06. The number of aromatic nitrogens is 6. The lowest BCUT2D eigenvalue weighted by molar-refractivity contribution is 0.675. The molecule has 0 unspecified atom stereocenters. The summed E-state index contributed by atoms with van der Waals surface area (Å²) in [5.74, 6) is -0.0322. The summed E-state index contributed by atoms with van der Waals surface area (Å²) in [7, 11) is 0. The highest BCUT2D eigenvalue weighted by Crippen LogP contribution is 2.26. The molecule has 0 aliphatic heterocycles. The van der Waals surface area contributed by atoms with Gasteiger partial charge in [-0.15, -0.1) is 11.3 Å². The molecule has 0 atom stereocenters. The van der Waals surface area contributed by atoms with Crippen LogP contribution in [-0.4, -0.2) is 29.4 Å². The van der Waals surface area contributed by atoms with Crippen LogP contribution in [0, 0.1) is 18.3 Å². The van der Waals surface area contributed by atoms with Crippen LogP contribution in [0.5, 0.6) is 0 Å². The number of aromatic amines is 1. The normalized spacial score (nSPS) is 11.4. The van der Waals surface area contributed by atoms with Crippen LogP contribution in [0.3, 0.4) is 0 Å². The lowest BCUT2D eigenvalue weighted by atomic mass is 10.00. The third-order valence-electron chi connectivity index (χ3n) is 4.29. The molecule has 0 bridgehead atoms. The van der Waals surface area contributed by atoms with Gasteiger partial charge >= 0.3 is 0 Å². The van der Waals surface area contributed by atoms with Crippen molar-refractivity contribution in [3.05, 3.63) is 56.2 Å². The van der Waals surface area contributed by atoms with Crippen LogP contribution in [0.15, 0.2) is 28.8 Å². The third-order valence-corrected chi connectivity index (χ3v) is 5.11. The molecule has 0 saturated carbocycles. The number of rotatable bonds is 4. The molecule has 4 aromatic heterocycles. The van der Waals surface area contributed by atoms with Gasteiger partial charge < -0.3 is 0 Å². The Kier molecular flexibility index (Phi) is 4.12. The van der Waals surface area contributed by atoms with Crippen LogP contribution >= 0.6 is 11.3 Å². The first-order valence-corrected chi connectivity index (χ1v) is 9.34. The minimum Gasteiger partial charge on any atom is -0.295 e. The zero-order valence-electron chi connectivity index (χ0n) is 15.1. The fourth-order valence-electron chi connectivity index (χ4n) is 3.07. The van der Waals surface area contributed by atoms with E-state index in [-0.39, 0.29) is 11.5 Å². The maximum Gasteiger partial charge on any atom is 0.276 e. The van der Waals surface area contributed by atoms with Crippen molar-refractivity contribution in [2.45, 2.75) is 33.2 Å². The van der Waals surface area contributed by atoms with Crippen molar-refractivity contribution in [2.24, 2.45) is 0 Å². The molecule has 4 aromatic rings. The summed E-state index contributed by atoms with van der Waals surface area (Å²) >= 11 is 1.60.